The minimum absolute atomic E-state index is 0.137. The lowest BCUT2D eigenvalue weighted by atomic mass is 9.87. The average Bonchev–Trinajstić information content (AvgIpc) is 2.37. The maximum atomic E-state index is 5.84. The van der Waals surface area contributed by atoms with Crippen LogP contribution in [0.3, 0.4) is 0 Å². The smallest absolute Gasteiger partial charge is 0.107 e. The van der Waals surface area contributed by atoms with E-state index in [2.05, 4.69) is 38.0 Å². The molecule has 0 bridgehead atoms. The predicted octanol–water partition coefficient (Wildman–Crippen LogP) is 3.72. The van der Waals surface area contributed by atoms with Gasteiger partial charge in [0.2, 0.25) is 0 Å². The fourth-order valence-corrected chi connectivity index (χ4v) is 2.07. The Morgan fingerprint density at radius 1 is 1.30 bits per heavy atom. The average molecular weight is 287 g/mol. The summed E-state index contributed by atoms with van der Waals surface area (Å²) in [6.07, 6.45) is 1.75. The van der Waals surface area contributed by atoms with Crippen LogP contribution in [0.1, 0.15) is 33.3 Å². The Balaban J connectivity index is 2.58. The second-order valence-corrected chi connectivity index (χ2v) is 6.60. The number of fused-ring (bicyclic) bond motifs is 1. The van der Waals surface area contributed by atoms with Crippen LogP contribution in [0.25, 0.3) is 10.9 Å². The molecule has 1 heterocycles. The highest BCUT2D eigenvalue weighted by molar-refractivity contribution is 7.80. The maximum absolute atomic E-state index is 5.84. The van der Waals surface area contributed by atoms with Crippen LogP contribution in [-0.4, -0.2) is 16.0 Å². The lowest BCUT2D eigenvalue weighted by molar-refractivity contribution is 0.359. The Labute approximate surface area is 125 Å². The molecule has 3 nitrogen and oxygen atoms in total. The molecule has 20 heavy (non-hydrogen) atoms. The van der Waals surface area contributed by atoms with Gasteiger partial charge in [0, 0.05) is 17.6 Å². The van der Waals surface area contributed by atoms with E-state index in [9.17, 15) is 0 Å². The van der Waals surface area contributed by atoms with Gasteiger partial charge in [0.15, 0.2) is 0 Å². The van der Waals surface area contributed by atoms with E-state index in [1.54, 1.807) is 6.20 Å². The van der Waals surface area contributed by atoms with Crippen molar-refractivity contribution in [2.24, 2.45) is 11.1 Å². The fraction of sp³-hybridized carbons (Fsp3) is 0.375. The van der Waals surface area contributed by atoms with Crippen molar-refractivity contribution < 1.29 is 0 Å². The van der Waals surface area contributed by atoms with E-state index in [4.69, 9.17) is 18.0 Å². The van der Waals surface area contributed by atoms with Crippen molar-refractivity contribution in [2.45, 2.75) is 33.7 Å². The molecule has 0 radical (unpaired) electrons. The number of thiocarbonyl (C=S) groups is 1. The van der Waals surface area contributed by atoms with Crippen LogP contribution >= 0.6 is 12.2 Å². The molecule has 0 saturated heterocycles. The third-order valence-electron chi connectivity index (χ3n) is 3.70. The Bertz CT molecular complexity index is 644. The monoisotopic (exact) mass is 287 g/mol. The van der Waals surface area contributed by atoms with Crippen LogP contribution in [-0.2, 0) is 0 Å². The first kappa shape index (κ1) is 14.7. The second-order valence-electron chi connectivity index (χ2n) is 6.16. The van der Waals surface area contributed by atoms with E-state index >= 15 is 0 Å². The third-order valence-corrected chi connectivity index (χ3v) is 3.92. The van der Waals surface area contributed by atoms with Gasteiger partial charge in [0.25, 0.3) is 0 Å². The van der Waals surface area contributed by atoms with Crippen LogP contribution < -0.4 is 11.1 Å². The molecule has 2 rings (SSSR count). The largest absolute Gasteiger partial charge is 0.389 e. The Morgan fingerprint density at radius 2 is 1.95 bits per heavy atom. The molecule has 1 atom stereocenters. The van der Waals surface area contributed by atoms with E-state index in [1.807, 2.05) is 24.3 Å². The molecule has 1 aromatic heterocycles. The molecule has 0 aliphatic heterocycles. The number of para-hydroxylation sites is 1. The van der Waals surface area contributed by atoms with Crippen LogP contribution in [0.4, 0.5) is 5.69 Å². The molecule has 1 unspecified atom stereocenters. The van der Waals surface area contributed by atoms with Crippen molar-refractivity contribution in [2.75, 3.05) is 5.32 Å². The van der Waals surface area contributed by atoms with Gasteiger partial charge >= 0.3 is 0 Å². The van der Waals surface area contributed by atoms with E-state index in [0.717, 1.165) is 22.2 Å². The van der Waals surface area contributed by atoms with E-state index in [-0.39, 0.29) is 11.5 Å². The number of nitrogens with zero attached hydrogens (tertiary/aromatic N) is 1. The van der Waals surface area contributed by atoms with Crippen molar-refractivity contribution in [3.05, 3.63) is 36.0 Å². The zero-order valence-corrected chi connectivity index (χ0v) is 13.2. The van der Waals surface area contributed by atoms with Gasteiger partial charge in [-0.15, -0.1) is 0 Å². The fourth-order valence-electron chi connectivity index (χ4n) is 1.92. The Morgan fingerprint density at radius 3 is 2.55 bits per heavy atom. The van der Waals surface area contributed by atoms with Gasteiger partial charge in [-0.1, -0.05) is 51.2 Å². The molecular weight excluding hydrogens is 266 g/mol. The predicted molar refractivity (Wildman–Crippen MR) is 90.2 cm³/mol. The lowest BCUT2D eigenvalue weighted by Crippen LogP contribution is -2.32. The minimum atomic E-state index is 0.137. The van der Waals surface area contributed by atoms with E-state index in [1.165, 1.54) is 0 Å². The van der Waals surface area contributed by atoms with Crippen LogP contribution in [0.2, 0.25) is 0 Å². The molecular formula is C16H21N3S. The van der Waals surface area contributed by atoms with Gasteiger partial charge in [-0.2, -0.15) is 0 Å². The number of anilines is 1. The van der Waals surface area contributed by atoms with Crippen LogP contribution in [0.15, 0.2) is 30.5 Å². The lowest BCUT2D eigenvalue weighted by Gasteiger charge is -2.30. The molecule has 0 saturated carbocycles. The van der Waals surface area contributed by atoms with Gasteiger partial charge < -0.3 is 11.1 Å². The van der Waals surface area contributed by atoms with Gasteiger partial charge in [0.1, 0.15) is 4.99 Å². The molecule has 2 aromatic rings. The quantitative estimate of drug-likeness (QED) is 0.845. The highest BCUT2D eigenvalue weighted by Crippen LogP contribution is 2.30. The van der Waals surface area contributed by atoms with Crippen molar-refractivity contribution in [1.29, 1.82) is 0 Å². The molecule has 0 aliphatic carbocycles. The number of benzene rings is 1. The molecule has 0 aliphatic rings. The summed E-state index contributed by atoms with van der Waals surface area (Å²) in [6.45, 7) is 8.77. The summed E-state index contributed by atoms with van der Waals surface area (Å²) < 4.78 is 0. The number of pyridine rings is 1. The summed E-state index contributed by atoms with van der Waals surface area (Å²) in [5.74, 6) is 0. The highest BCUT2D eigenvalue weighted by atomic mass is 32.1. The normalized spacial score (nSPS) is 13.2. The maximum Gasteiger partial charge on any atom is 0.107 e. The van der Waals surface area contributed by atoms with Gasteiger partial charge in [-0.05, 0) is 18.4 Å². The van der Waals surface area contributed by atoms with E-state index < -0.39 is 0 Å². The first-order chi connectivity index (χ1) is 9.30. The van der Waals surface area contributed by atoms with Crippen LogP contribution in [0.5, 0.6) is 0 Å². The standard InChI is InChI=1S/C16H21N3S/c1-10(16(2,3)4)19-14-11-7-5-6-8-13(11)18-9-12(14)15(17)20/h5-10H,1-4H3,(H2,17,20)(H,18,19). The Hall–Kier alpha value is -1.68. The van der Waals surface area contributed by atoms with Crippen LogP contribution in [0, 0.1) is 5.41 Å². The number of nitrogens with two attached hydrogens (primary N) is 1. The second kappa shape index (κ2) is 5.37. The Kier molecular flexibility index (Phi) is 3.95. The summed E-state index contributed by atoms with van der Waals surface area (Å²) in [7, 11) is 0. The molecule has 4 heteroatoms. The number of hydrogen-bond donors (Lipinski definition) is 2. The van der Waals surface area contributed by atoms with E-state index in [0.29, 0.717) is 4.99 Å². The first-order valence-corrected chi connectivity index (χ1v) is 7.15. The molecule has 0 fully saturated rings. The number of nitrogens with one attached hydrogen (secondary N) is 1. The number of hydrogen-bond acceptors (Lipinski definition) is 3. The third kappa shape index (κ3) is 2.90. The SMILES string of the molecule is CC(Nc1c(C(N)=S)cnc2ccccc12)C(C)(C)C. The summed E-state index contributed by atoms with van der Waals surface area (Å²) in [6, 6.07) is 8.29. The molecule has 0 amide bonds. The number of aromatic nitrogens is 1. The molecule has 1 aromatic carbocycles. The first-order valence-electron chi connectivity index (χ1n) is 6.75. The van der Waals surface area contributed by atoms with Crippen molar-refractivity contribution in [3.8, 4) is 0 Å². The highest BCUT2D eigenvalue weighted by Gasteiger charge is 2.22. The minimum Gasteiger partial charge on any atom is -0.389 e. The number of rotatable bonds is 3. The summed E-state index contributed by atoms with van der Waals surface area (Å²) in [5, 5.41) is 4.62. The molecule has 3 N–H and O–H groups in total. The summed E-state index contributed by atoms with van der Waals surface area (Å²) in [4.78, 5) is 4.79. The van der Waals surface area contributed by atoms with Crippen molar-refractivity contribution >= 4 is 33.8 Å². The van der Waals surface area contributed by atoms with Crippen molar-refractivity contribution in [1.82, 2.24) is 4.98 Å². The van der Waals surface area contributed by atoms with Gasteiger partial charge in [-0.3, -0.25) is 4.98 Å². The summed E-state index contributed by atoms with van der Waals surface area (Å²) >= 11 is 5.16. The zero-order chi connectivity index (χ0) is 14.9. The molecule has 0 spiro atoms. The van der Waals surface area contributed by atoms with Crippen molar-refractivity contribution in [3.63, 3.8) is 0 Å². The van der Waals surface area contributed by atoms with Gasteiger partial charge in [-0.25, -0.2) is 0 Å². The zero-order valence-electron chi connectivity index (χ0n) is 12.4. The summed E-state index contributed by atoms with van der Waals surface area (Å²) in [5.41, 5.74) is 8.70. The molecule has 106 valence electrons. The topological polar surface area (TPSA) is 50.9 Å². The van der Waals surface area contributed by atoms with Gasteiger partial charge in [0.05, 0.1) is 16.8 Å².